The van der Waals surface area contributed by atoms with E-state index < -0.39 is 4.92 Å². The molecule has 0 saturated heterocycles. The van der Waals surface area contributed by atoms with Gasteiger partial charge in [0.25, 0.3) is 5.69 Å². The van der Waals surface area contributed by atoms with Gasteiger partial charge >= 0.3 is 0 Å². The highest BCUT2D eigenvalue weighted by Gasteiger charge is 2.14. The Morgan fingerprint density at radius 2 is 2.10 bits per heavy atom. The Morgan fingerprint density at radius 1 is 1.33 bits per heavy atom. The van der Waals surface area contributed by atoms with Crippen LogP contribution in [0.1, 0.15) is 11.1 Å². The van der Waals surface area contributed by atoms with Crippen molar-refractivity contribution in [3.63, 3.8) is 0 Å². The quantitative estimate of drug-likeness (QED) is 0.671. The molecule has 6 nitrogen and oxygen atoms in total. The van der Waals surface area contributed by atoms with E-state index in [0.717, 1.165) is 11.3 Å². The van der Waals surface area contributed by atoms with Crippen molar-refractivity contribution >= 4 is 17.1 Å². The number of nitro groups is 1. The molecule has 0 amide bonds. The maximum absolute atomic E-state index is 11.0. The summed E-state index contributed by atoms with van der Waals surface area (Å²) in [6.45, 7) is 0.432. The van der Waals surface area contributed by atoms with Crippen LogP contribution in [0.15, 0.2) is 42.5 Å². The van der Waals surface area contributed by atoms with Crippen molar-refractivity contribution in [3.05, 3.63) is 63.7 Å². The van der Waals surface area contributed by atoms with Gasteiger partial charge < -0.3 is 10.1 Å². The third kappa shape index (κ3) is 3.35. The van der Waals surface area contributed by atoms with Crippen LogP contribution in [-0.4, -0.2) is 12.0 Å². The van der Waals surface area contributed by atoms with Crippen molar-refractivity contribution in [2.75, 3.05) is 12.4 Å². The Balaban J connectivity index is 2.35. The van der Waals surface area contributed by atoms with Crippen LogP contribution >= 0.6 is 0 Å². The van der Waals surface area contributed by atoms with Gasteiger partial charge in [-0.2, -0.15) is 5.26 Å². The van der Waals surface area contributed by atoms with Crippen LogP contribution in [-0.2, 0) is 11.3 Å². The van der Waals surface area contributed by atoms with E-state index in [1.54, 1.807) is 13.2 Å². The molecule has 2 aromatic rings. The topological polar surface area (TPSA) is 88.2 Å². The Morgan fingerprint density at radius 3 is 2.76 bits per heavy atom. The zero-order chi connectivity index (χ0) is 15.2. The molecule has 21 heavy (non-hydrogen) atoms. The van der Waals surface area contributed by atoms with Gasteiger partial charge in [-0.3, -0.25) is 10.1 Å². The lowest BCUT2D eigenvalue weighted by molar-refractivity contribution is -0.385. The van der Waals surface area contributed by atoms with Crippen LogP contribution in [0.25, 0.3) is 0 Å². The molecular weight excluding hydrogens is 270 g/mol. The molecular formula is C15H13N3O3. The maximum Gasteiger partial charge on any atom is 0.289 e. The first-order valence-electron chi connectivity index (χ1n) is 6.18. The lowest BCUT2D eigenvalue weighted by Crippen LogP contribution is -1.99. The van der Waals surface area contributed by atoms with E-state index in [4.69, 9.17) is 10.00 Å². The summed E-state index contributed by atoms with van der Waals surface area (Å²) in [6.07, 6.45) is 0. The summed E-state index contributed by atoms with van der Waals surface area (Å²) in [7, 11) is 1.60. The highest BCUT2D eigenvalue weighted by atomic mass is 16.6. The lowest BCUT2D eigenvalue weighted by Gasteiger charge is -2.11. The van der Waals surface area contributed by atoms with Crippen LogP contribution in [0.4, 0.5) is 17.1 Å². The first kappa shape index (κ1) is 14.5. The van der Waals surface area contributed by atoms with Crippen LogP contribution in [0, 0.1) is 21.4 Å². The molecule has 1 N–H and O–H groups in total. The number of ether oxygens (including phenoxy) is 1. The van der Waals surface area contributed by atoms with E-state index in [0.29, 0.717) is 12.3 Å². The predicted octanol–water partition coefficient (Wildman–Crippen LogP) is 3.36. The smallest absolute Gasteiger partial charge is 0.289 e. The molecule has 2 aromatic carbocycles. The normalized spacial score (nSPS) is 9.90. The molecule has 0 bridgehead atoms. The van der Waals surface area contributed by atoms with E-state index >= 15 is 0 Å². The minimum absolute atomic E-state index is 0.0377. The van der Waals surface area contributed by atoms with Gasteiger partial charge in [-0.25, -0.2) is 0 Å². The monoisotopic (exact) mass is 283 g/mol. The van der Waals surface area contributed by atoms with Crippen LogP contribution < -0.4 is 5.32 Å². The number of benzene rings is 2. The number of hydrogen-bond acceptors (Lipinski definition) is 5. The Bertz CT molecular complexity index is 708. The number of nitrogens with one attached hydrogen (secondary N) is 1. The Kier molecular flexibility index (Phi) is 4.49. The van der Waals surface area contributed by atoms with Gasteiger partial charge in [0.2, 0.25) is 0 Å². The van der Waals surface area contributed by atoms with E-state index in [9.17, 15) is 10.1 Å². The Hall–Kier alpha value is -2.91. The van der Waals surface area contributed by atoms with E-state index in [1.807, 2.05) is 30.3 Å². The number of rotatable bonds is 5. The number of anilines is 2. The first-order valence-corrected chi connectivity index (χ1v) is 6.18. The number of methoxy groups -OCH3 is 1. The summed E-state index contributed by atoms with van der Waals surface area (Å²) >= 11 is 0. The van der Waals surface area contributed by atoms with Gasteiger partial charge in [0.1, 0.15) is 11.6 Å². The third-order valence-corrected chi connectivity index (χ3v) is 2.91. The molecule has 0 atom stereocenters. The van der Waals surface area contributed by atoms with E-state index in [2.05, 4.69) is 5.32 Å². The van der Waals surface area contributed by atoms with E-state index in [-0.39, 0.29) is 11.3 Å². The standard InChI is InChI=1S/C15H13N3O3/c1-21-10-12-4-2-3-5-14(12)17-13-7-6-11(9-16)15(8-13)18(19)20/h2-8,17H,10H2,1H3. The van der Waals surface area contributed by atoms with Crippen molar-refractivity contribution in [3.8, 4) is 6.07 Å². The van der Waals surface area contributed by atoms with Gasteiger partial charge in [0.05, 0.1) is 11.5 Å². The summed E-state index contributed by atoms with van der Waals surface area (Å²) in [5.74, 6) is 0. The minimum atomic E-state index is -0.565. The highest BCUT2D eigenvalue weighted by molar-refractivity contribution is 5.67. The molecule has 0 radical (unpaired) electrons. The second kappa shape index (κ2) is 6.50. The van der Waals surface area contributed by atoms with Crippen molar-refractivity contribution in [1.82, 2.24) is 0 Å². The minimum Gasteiger partial charge on any atom is -0.380 e. The van der Waals surface area contributed by atoms with Crippen molar-refractivity contribution in [2.24, 2.45) is 0 Å². The van der Waals surface area contributed by atoms with Crippen molar-refractivity contribution < 1.29 is 9.66 Å². The number of nitriles is 1. The van der Waals surface area contributed by atoms with Crippen LogP contribution in [0.5, 0.6) is 0 Å². The molecule has 0 aromatic heterocycles. The lowest BCUT2D eigenvalue weighted by atomic mass is 10.1. The largest absolute Gasteiger partial charge is 0.380 e. The number of para-hydroxylation sites is 1. The van der Waals surface area contributed by atoms with Gasteiger partial charge in [-0.05, 0) is 18.2 Å². The zero-order valence-corrected chi connectivity index (χ0v) is 11.4. The van der Waals surface area contributed by atoms with Gasteiger partial charge in [0.15, 0.2) is 0 Å². The molecule has 0 aliphatic carbocycles. The fourth-order valence-electron chi connectivity index (χ4n) is 1.93. The molecule has 0 fully saturated rings. The van der Waals surface area contributed by atoms with Crippen molar-refractivity contribution in [1.29, 1.82) is 5.26 Å². The summed E-state index contributed by atoms with van der Waals surface area (Å²) in [6, 6.07) is 13.7. The fraction of sp³-hybridized carbons (Fsp3) is 0.133. The summed E-state index contributed by atoms with van der Waals surface area (Å²) in [4.78, 5) is 10.4. The maximum atomic E-state index is 11.0. The molecule has 0 spiro atoms. The molecule has 0 saturated carbocycles. The summed E-state index contributed by atoms with van der Waals surface area (Å²) in [5, 5.41) is 22.9. The number of nitro benzene ring substituents is 1. The second-order valence-corrected chi connectivity index (χ2v) is 4.32. The molecule has 0 aliphatic heterocycles. The average molecular weight is 283 g/mol. The molecule has 6 heteroatoms. The second-order valence-electron chi connectivity index (χ2n) is 4.32. The van der Waals surface area contributed by atoms with Gasteiger partial charge in [0, 0.05) is 30.1 Å². The predicted molar refractivity (Wildman–Crippen MR) is 78.2 cm³/mol. The molecule has 2 rings (SSSR count). The number of nitrogens with zero attached hydrogens (tertiary/aromatic N) is 2. The zero-order valence-electron chi connectivity index (χ0n) is 11.4. The van der Waals surface area contributed by atoms with Crippen LogP contribution in [0.2, 0.25) is 0 Å². The molecule has 0 heterocycles. The van der Waals surface area contributed by atoms with Crippen LogP contribution in [0.3, 0.4) is 0 Å². The Labute approximate surface area is 121 Å². The summed E-state index contributed by atoms with van der Waals surface area (Å²) in [5.41, 5.74) is 2.11. The fourth-order valence-corrected chi connectivity index (χ4v) is 1.93. The highest BCUT2D eigenvalue weighted by Crippen LogP contribution is 2.26. The van der Waals surface area contributed by atoms with Gasteiger partial charge in [-0.1, -0.05) is 18.2 Å². The SMILES string of the molecule is COCc1ccccc1Nc1ccc(C#N)c([N+](=O)[O-])c1. The third-order valence-electron chi connectivity index (χ3n) is 2.91. The average Bonchev–Trinajstić information content (AvgIpc) is 2.49. The molecule has 0 unspecified atom stereocenters. The van der Waals surface area contributed by atoms with Gasteiger partial charge in [-0.15, -0.1) is 0 Å². The molecule has 106 valence electrons. The number of hydrogen-bond donors (Lipinski definition) is 1. The summed E-state index contributed by atoms with van der Waals surface area (Å²) < 4.78 is 5.11. The molecule has 0 aliphatic rings. The first-order chi connectivity index (χ1) is 10.2. The van der Waals surface area contributed by atoms with E-state index in [1.165, 1.54) is 12.1 Å². The van der Waals surface area contributed by atoms with Crippen molar-refractivity contribution in [2.45, 2.75) is 6.61 Å².